The van der Waals surface area contributed by atoms with Crippen LogP contribution in [0.5, 0.6) is 5.75 Å². The van der Waals surface area contributed by atoms with Gasteiger partial charge in [-0.3, -0.25) is 9.36 Å². The average Bonchev–Trinajstić information content (AvgIpc) is 3.24. The molecule has 1 aromatic heterocycles. The third kappa shape index (κ3) is 7.06. The Hall–Kier alpha value is -4.55. The molecule has 1 atom stereocenters. The quantitative estimate of drug-likeness (QED) is 0.201. The predicted molar refractivity (Wildman–Crippen MR) is 138 cm³/mol. The number of benzene rings is 3. The number of fused-ring (bicyclic) bond motifs is 1. The van der Waals surface area contributed by atoms with E-state index >= 15 is 0 Å². The van der Waals surface area contributed by atoms with Gasteiger partial charge in [-0.1, -0.05) is 41.9 Å². The highest BCUT2D eigenvalue weighted by Gasteiger charge is 2.31. The number of urea groups is 1. The zero-order valence-electron chi connectivity index (χ0n) is 19.9. The van der Waals surface area contributed by atoms with Crippen LogP contribution in [0, 0.1) is 0 Å². The first-order valence-electron chi connectivity index (χ1n) is 11.2. The van der Waals surface area contributed by atoms with Crippen molar-refractivity contribution in [2.24, 2.45) is 5.73 Å². The Kier molecular flexibility index (Phi) is 8.07. The van der Waals surface area contributed by atoms with E-state index in [0.29, 0.717) is 21.5 Å². The molecule has 4 aromatic rings. The minimum Gasteiger partial charge on any atom is -0.459 e. The fourth-order valence-electron chi connectivity index (χ4n) is 3.58. The van der Waals surface area contributed by atoms with Gasteiger partial charge >= 0.3 is 18.4 Å². The van der Waals surface area contributed by atoms with Gasteiger partial charge in [0.2, 0.25) is 0 Å². The summed E-state index contributed by atoms with van der Waals surface area (Å²) in [6.45, 7) is -0.0705. The van der Waals surface area contributed by atoms with Crippen molar-refractivity contribution in [1.82, 2.24) is 4.57 Å². The van der Waals surface area contributed by atoms with Gasteiger partial charge in [0.25, 0.3) is 5.91 Å². The SMILES string of the molecule is NC(C(=O)OCc1ccccc1)C(=O)n1cc(NC(=O)Nc2ccc(OC(F)(F)F)cc2)c2cc(Cl)ccc21. The van der Waals surface area contributed by atoms with Crippen molar-refractivity contribution in [1.29, 1.82) is 0 Å². The van der Waals surface area contributed by atoms with Crippen LogP contribution in [-0.2, 0) is 16.1 Å². The van der Waals surface area contributed by atoms with Gasteiger partial charge in [0.1, 0.15) is 12.4 Å². The lowest BCUT2D eigenvalue weighted by Crippen LogP contribution is -2.42. The van der Waals surface area contributed by atoms with Crippen molar-refractivity contribution < 1.29 is 37.0 Å². The van der Waals surface area contributed by atoms with Gasteiger partial charge in [-0.05, 0) is 48.0 Å². The molecule has 4 rings (SSSR count). The van der Waals surface area contributed by atoms with Gasteiger partial charge in [-0.2, -0.15) is 0 Å². The summed E-state index contributed by atoms with van der Waals surface area (Å²) in [5.41, 5.74) is 7.23. The zero-order chi connectivity index (χ0) is 28.2. The number of alkyl halides is 3. The molecule has 39 heavy (non-hydrogen) atoms. The van der Waals surface area contributed by atoms with Crippen LogP contribution in [-0.4, -0.2) is 34.9 Å². The van der Waals surface area contributed by atoms with Crippen molar-refractivity contribution in [3.8, 4) is 5.75 Å². The molecule has 0 aliphatic carbocycles. The summed E-state index contributed by atoms with van der Waals surface area (Å²) in [6.07, 6.45) is -3.58. The van der Waals surface area contributed by atoms with E-state index in [1.165, 1.54) is 36.5 Å². The molecule has 0 bridgehead atoms. The lowest BCUT2D eigenvalue weighted by atomic mass is 10.2. The molecule has 0 saturated heterocycles. The number of ether oxygens (including phenoxy) is 2. The lowest BCUT2D eigenvalue weighted by Gasteiger charge is -2.12. The van der Waals surface area contributed by atoms with Crippen molar-refractivity contribution >= 4 is 51.8 Å². The van der Waals surface area contributed by atoms with E-state index in [-0.39, 0.29) is 18.0 Å². The normalized spacial score (nSPS) is 12.0. The Morgan fingerprint density at radius 1 is 0.974 bits per heavy atom. The molecule has 0 radical (unpaired) electrons. The molecule has 1 unspecified atom stereocenters. The van der Waals surface area contributed by atoms with Crippen LogP contribution >= 0.6 is 11.6 Å². The van der Waals surface area contributed by atoms with Crippen molar-refractivity contribution in [3.05, 3.63) is 89.6 Å². The van der Waals surface area contributed by atoms with Crippen LogP contribution in [0.3, 0.4) is 0 Å². The van der Waals surface area contributed by atoms with E-state index in [0.717, 1.165) is 16.7 Å². The predicted octanol–water partition coefficient (Wildman–Crippen LogP) is 5.55. The van der Waals surface area contributed by atoms with Crippen LogP contribution in [0.1, 0.15) is 10.4 Å². The highest BCUT2D eigenvalue weighted by molar-refractivity contribution is 6.31. The van der Waals surface area contributed by atoms with Crippen LogP contribution < -0.4 is 21.1 Å². The summed E-state index contributed by atoms with van der Waals surface area (Å²) in [5, 5.41) is 5.69. The maximum atomic E-state index is 13.1. The second-order valence-electron chi connectivity index (χ2n) is 8.13. The molecule has 4 N–H and O–H groups in total. The number of nitrogens with zero attached hydrogens (tertiary/aromatic N) is 1. The van der Waals surface area contributed by atoms with Crippen LogP contribution in [0.4, 0.5) is 29.3 Å². The first-order valence-corrected chi connectivity index (χ1v) is 11.6. The maximum Gasteiger partial charge on any atom is 0.573 e. The third-order valence-electron chi connectivity index (χ3n) is 5.34. The average molecular weight is 561 g/mol. The molecule has 0 aliphatic rings. The smallest absolute Gasteiger partial charge is 0.459 e. The molecule has 9 nitrogen and oxygen atoms in total. The Bertz CT molecular complexity index is 1510. The largest absolute Gasteiger partial charge is 0.573 e. The number of halogens is 4. The van der Waals surface area contributed by atoms with E-state index in [1.807, 2.05) is 0 Å². The second kappa shape index (κ2) is 11.5. The lowest BCUT2D eigenvalue weighted by molar-refractivity contribution is -0.274. The van der Waals surface area contributed by atoms with Crippen LogP contribution in [0.25, 0.3) is 10.9 Å². The Labute approximate surface area is 224 Å². The second-order valence-corrected chi connectivity index (χ2v) is 8.57. The van der Waals surface area contributed by atoms with Gasteiger partial charge in [0, 0.05) is 22.3 Å². The molecular weight excluding hydrogens is 541 g/mol. The number of esters is 1. The van der Waals surface area contributed by atoms with Gasteiger partial charge in [0.05, 0.1) is 11.2 Å². The molecule has 0 spiro atoms. The summed E-state index contributed by atoms with van der Waals surface area (Å²) in [7, 11) is 0. The van der Waals surface area contributed by atoms with E-state index in [9.17, 15) is 27.6 Å². The van der Waals surface area contributed by atoms with Crippen molar-refractivity contribution in [2.75, 3.05) is 10.6 Å². The molecule has 3 aromatic carbocycles. The van der Waals surface area contributed by atoms with E-state index in [4.69, 9.17) is 22.1 Å². The number of carbonyl (C=O) groups excluding carboxylic acids is 3. The molecule has 1 heterocycles. The number of hydrogen-bond acceptors (Lipinski definition) is 6. The number of rotatable bonds is 7. The standard InChI is InChI=1S/C26H20ClF3N4O5/c27-16-6-11-21-19(12-16)20(33-25(37)32-17-7-9-18(10-8-17)39-26(28,29)30)13-34(21)23(35)22(31)24(36)38-14-15-4-2-1-3-5-15/h1-13,22H,14,31H2,(H2,32,33,37). The molecule has 13 heteroatoms. The van der Waals surface area contributed by atoms with Gasteiger partial charge in [0.15, 0.2) is 6.04 Å². The number of aromatic nitrogens is 1. The molecule has 0 saturated carbocycles. The summed E-state index contributed by atoms with van der Waals surface area (Å²) < 4.78 is 47.1. The summed E-state index contributed by atoms with van der Waals surface area (Å²) >= 11 is 6.11. The number of amides is 2. The Morgan fingerprint density at radius 2 is 1.67 bits per heavy atom. The highest BCUT2D eigenvalue weighted by Crippen LogP contribution is 2.30. The topological polar surface area (TPSA) is 125 Å². The maximum absolute atomic E-state index is 13.1. The molecule has 0 aliphatic heterocycles. The van der Waals surface area contributed by atoms with Crippen LogP contribution in [0.15, 0.2) is 79.0 Å². The number of carbonyl (C=O) groups is 3. The fraction of sp³-hybridized carbons (Fsp3) is 0.115. The zero-order valence-corrected chi connectivity index (χ0v) is 20.6. The Morgan fingerprint density at radius 3 is 2.33 bits per heavy atom. The van der Waals surface area contributed by atoms with Crippen molar-refractivity contribution in [2.45, 2.75) is 19.0 Å². The molecule has 0 fully saturated rings. The molecular formula is C26H20ClF3N4O5. The number of nitrogens with two attached hydrogens (primary N) is 1. The summed E-state index contributed by atoms with van der Waals surface area (Å²) in [4.78, 5) is 38.2. The number of anilines is 2. The minimum absolute atomic E-state index is 0.0705. The number of hydrogen-bond donors (Lipinski definition) is 3. The first kappa shape index (κ1) is 27.5. The summed E-state index contributed by atoms with van der Waals surface area (Å²) in [5.74, 6) is -2.21. The van der Waals surface area contributed by atoms with Gasteiger partial charge in [-0.25, -0.2) is 9.59 Å². The molecule has 202 valence electrons. The van der Waals surface area contributed by atoms with E-state index in [2.05, 4.69) is 15.4 Å². The van der Waals surface area contributed by atoms with Crippen molar-refractivity contribution in [3.63, 3.8) is 0 Å². The van der Waals surface area contributed by atoms with E-state index < -0.39 is 36.1 Å². The van der Waals surface area contributed by atoms with Crippen LogP contribution in [0.2, 0.25) is 5.02 Å². The fourth-order valence-corrected chi connectivity index (χ4v) is 3.75. The third-order valence-corrected chi connectivity index (χ3v) is 5.58. The van der Waals surface area contributed by atoms with Gasteiger partial charge < -0.3 is 25.8 Å². The van der Waals surface area contributed by atoms with E-state index in [1.54, 1.807) is 30.3 Å². The minimum atomic E-state index is -4.85. The molecule has 2 amide bonds. The Balaban J connectivity index is 1.49. The summed E-state index contributed by atoms with van der Waals surface area (Å²) in [6, 6.07) is 15.4. The first-order chi connectivity index (χ1) is 18.5. The highest BCUT2D eigenvalue weighted by atomic mass is 35.5. The van der Waals surface area contributed by atoms with Gasteiger partial charge in [-0.15, -0.1) is 13.2 Å². The number of nitrogens with one attached hydrogen (secondary N) is 2. The monoisotopic (exact) mass is 560 g/mol.